The quantitative estimate of drug-likeness (QED) is 0.884. The first-order valence-corrected chi connectivity index (χ1v) is 6.33. The number of aromatic nitrogens is 2. The van der Waals surface area contributed by atoms with Crippen LogP contribution >= 0.6 is 0 Å². The molecule has 0 aliphatic carbocycles. The molecule has 1 aliphatic heterocycles. The lowest BCUT2D eigenvalue weighted by Crippen LogP contribution is -2.14. The molecular weight excluding hydrogens is 258 g/mol. The largest absolute Gasteiger partial charge is 0.496 e. The van der Waals surface area contributed by atoms with E-state index in [2.05, 4.69) is 15.3 Å². The second-order valence-corrected chi connectivity index (χ2v) is 4.46. The molecule has 0 spiro atoms. The number of hydrogen-bond donors (Lipinski definition) is 2. The van der Waals surface area contributed by atoms with Crippen LogP contribution < -0.4 is 20.5 Å². The summed E-state index contributed by atoms with van der Waals surface area (Å²) in [6.45, 7) is 0.768. The van der Waals surface area contributed by atoms with E-state index in [1.54, 1.807) is 14.2 Å². The Hall–Kier alpha value is -2.50. The van der Waals surface area contributed by atoms with Gasteiger partial charge in [0.15, 0.2) is 0 Å². The molecule has 0 saturated heterocycles. The molecule has 6 nitrogen and oxygen atoms in total. The molecular formula is C14H15N3O3. The molecule has 3 rings (SSSR count). The van der Waals surface area contributed by atoms with Gasteiger partial charge >= 0.3 is 5.69 Å². The maximum absolute atomic E-state index is 11.7. The lowest BCUT2D eigenvalue weighted by atomic mass is 10.0. The third kappa shape index (κ3) is 1.89. The number of benzene rings is 1. The zero-order valence-corrected chi connectivity index (χ0v) is 11.3. The van der Waals surface area contributed by atoms with Gasteiger partial charge in [-0.2, -0.15) is 4.98 Å². The van der Waals surface area contributed by atoms with Crippen LogP contribution in [0.2, 0.25) is 0 Å². The van der Waals surface area contributed by atoms with E-state index in [0.717, 1.165) is 24.1 Å². The summed E-state index contributed by atoms with van der Waals surface area (Å²) < 4.78 is 10.8. The highest BCUT2D eigenvalue weighted by Gasteiger charge is 2.23. The molecule has 0 fully saturated rings. The molecule has 2 heterocycles. The standard InChI is InChI=1S/C14H15N3O3/c1-19-9-4-3-5-10(20-2)11(9)12-8-6-7-15-13(8)17-14(18)16-12/h3-5H,6-7H2,1-2H3,(H2,15,16,17,18). The number of aromatic amines is 1. The zero-order chi connectivity index (χ0) is 14.1. The van der Waals surface area contributed by atoms with Crippen LogP contribution in [-0.2, 0) is 6.42 Å². The van der Waals surface area contributed by atoms with E-state index in [4.69, 9.17) is 9.47 Å². The maximum Gasteiger partial charge on any atom is 0.347 e. The van der Waals surface area contributed by atoms with Gasteiger partial charge in [0, 0.05) is 12.1 Å². The molecule has 2 N–H and O–H groups in total. The van der Waals surface area contributed by atoms with Crippen molar-refractivity contribution < 1.29 is 9.47 Å². The van der Waals surface area contributed by atoms with Crippen LogP contribution in [0, 0.1) is 0 Å². The summed E-state index contributed by atoms with van der Waals surface area (Å²) in [5, 5.41) is 3.11. The highest BCUT2D eigenvalue weighted by molar-refractivity contribution is 5.79. The molecule has 0 radical (unpaired) electrons. The minimum Gasteiger partial charge on any atom is -0.496 e. The minimum absolute atomic E-state index is 0.388. The molecule has 2 aromatic rings. The summed E-state index contributed by atoms with van der Waals surface area (Å²) in [6.07, 6.45) is 0.801. The Bertz CT molecular complexity index is 687. The van der Waals surface area contributed by atoms with Gasteiger partial charge in [-0.05, 0) is 18.6 Å². The molecule has 0 saturated carbocycles. The van der Waals surface area contributed by atoms with Crippen molar-refractivity contribution in [3.63, 3.8) is 0 Å². The number of methoxy groups -OCH3 is 2. The van der Waals surface area contributed by atoms with Crippen molar-refractivity contribution in [3.8, 4) is 22.8 Å². The van der Waals surface area contributed by atoms with Gasteiger partial charge in [0.1, 0.15) is 17.3 Å². The maximum atomic E-state index is 11.7. The van der Waals surface area contributed by atoms with Crippen molar-refractivity contribution in [2.24, 2.45) is 0 Å². The molecule has 1 aromatic heterocycles. The van der Waals surface area contributed by atoms with Gasteiger partial charge in [-0.25, -0.2) is 4.79 Å². The average molecular weight is 273 g/mol. The number of fused-ring (bicyclic) bond motifs is 1. The topological polar surface area (TPSA) is 76.2 Å². The van der Waals surface area contributed by atoms with Crippen molar-refractivity contribution in [3.05, 3.63) is 34.2 Å². The Balaban J connectivity index is 2.32. The predicted octanol–water partition coefficient (Wildman–Crippen LogP) is 1.42. The van der Waals surface area contributed by atoms with Crippen molar-refractivity contribution in [2.75, 3.05) is 26.1 Å². The van der Waals surface area contributed by atoms with Crippen LogP contribution in [0.5, 0.6) is 11.5 Å². The Morgan fingerprint density at radius 1 is 1.20 bits per heavy atom. The normalized spacial score (nSPS) is 12.7. The van der Waals surface area contributed by atoms with E-state index in [1.165, 1.54) is 0 Å². The first-order valence-electron chi connectivity index (χ1n) is 6.33. The van der Waals surface area contributed by atoms with E-state index in [1.807, 2.05) is 18.2 Å². The predicted molar refractivity (Wildman–Crippen MR) is 75.6 cm³/mol. The van der Waals surface area contributed by atoms with Crippen LogP contribution in [0.4, 0.5) is 5.82 Å². The summed E-state index contributed by atoms with van der Waals surface area (Å²) in [7, 11) is 3.19. The molecule has 1 aromatic carbocycles. The summed E-state index contributed by atoms with van der Waals surface area (Å²) in [5.74, 6) is 1.94. The second-order valence-electron chi connectivity index (χ2n) is 4.46. The number of nitrogens with zero attached hydrogens (tertiary/aromatic N) is 1. The highest BCUT2D eigenvalue weighted by atomic mass is 16.5. The Kier molecular flexibility index (Phi) is 3.06. The van der Waals surface area contributed by atoms with Gasteiger partial charge < -0.3 is 19.8 Å². The van der Waals surface area contributed by atoms with E-state index in [-0.39, 0.29) is 5.69 Å². The molecule has 6 heteroatoms. The fourth-order valence-electron chi connectivity index (χ4n) is 2.50. The molecule has 0 bridgehead atoms. The average Bonchev–Trinajstić information content (AvgIpc) is 2.93. The first kappa shape index (κ1) is 12.5. The van der Waals surface area contributed by atoms with Crippen molar-refractivity contribution in [1.82, 2.24) is 9.97 Å². The number of rotatable bonds is 3. The summed E-state index contributed by atoms with van der Waals surface area (Å²) in [4.78, 5) is 18.5. The summed E-state index contributed by atoms with van der Waals surface area (Å²) >= 11 is 0. The smallest absolute Gasteiger partial charge is 0.347 e. The van der Waals surface area contributed by atoms with Gasteiger partial charge in [0.05, 0.1) is 25.5 Å². The number of H-pyrrole nitrogens is 1. The Morgan fingerprint density at radius 3 is 2.55 bits per heavy atom. The number of anilines is 1. The van der Waals surface area contributed by atoms with Crippen LogP contribution in [0.25, 0.3) is 11.3 Å². The molecule has 104 valence electrons. The van der Waals surface area contributed by atoms with Crippen LogP contribution in [0.3, 0.4) is 0 Å². The van der Waals surface area contributed by atoms with Crippen LogP contribution in [0.15, 0.2) is 23.0 Å². The zero-order valence-electron chi connectivity index (χ0n) is 11.3. The third-order valence-electron chi connectivity index (χ3n) is 3.38. The van der Waals surface area contributed by atoms with Crippen molar-refractivity contribution in [2.45, 2.75) is 6.42 Å². The van der Waals surface area contributed by atoms with E-state index >= 15 is 0 Å². The first-order chi connectivity index (χ1) is 9.74. The van der Waals surface area contributed by atoms with Gasteiger partial charge in [-0.15, -0.1) is 0 Å². The van der Waals surface area contributed by atoms with Gasteiger partial charge in [-0.1, -0.05) is 6.07 Å². The van der Waals surface area contributed by atoms with Gasteiger partial charge in [-0.3, -0.25) is 0 Å². The summed E-state index contributed by atoms with van der Waals surface area (Å²) in [5.41, 5.74) is 2.05. The molecule has 0 amide bonds. The van der Waals surface area contributed by atoms with Crippen LogP contribution in [0.1, 0.15) is 5.56 Å². The fourth-order valence-corrected chi connectivity index (χ4v) is 2.50. The summed E-state index contributed by atoms with van der Waals surface area (Å²) in [6, 6.07) is 5.52. The second kappa shape index (κ2) is 4.88. The molecule has 1 aliphatic rings. The number of ether oxygens (including phenoxy) is 2. The number of hydrogen-bond acceptors (Lipinski definition) is 5. The minimum atomic E-state index is -0.388. The van der Waals surface area contributed by atoms with E-state index < -0.39 is 0 Å². The van der Waals surface area contributed by atoms with E-state index in [9.17, 15) is 4.79 Å². The molecule has 0 atom stereocenters. The Morgan fingerprint density at radius 2 is 1.90 bits per heavy atom. The van der Waals surface area contributed by atoms with Crippen molar-refractivity contribution >= 4 is 5.82 Å². The number of nitrogens with one attached hydrogen (secondary N) is 2. The van der Waals surface area contributed by atoms with Gasteiger partial charge in [0.25, 0.3) is 0 Å². The fraction of sp³-hybridized carbons (Fsp3) is 0.286. The van der Waals surface area contributed by atoms with Crippen LogP contribution in [-0.4, -0.2) is 30.7 Å². The van der Waals surface area contributed by atoms with E-state index in [0.29, 0.717) is 23.0 Å². The monoisotopic (exact) mass is 273 g/mol. The van der Waals surface area contributed by atoms with Gasteiger partial charge in [0.2, 0.25) is 0 Å². The lowest BCUT2D eigenvalue weighted by molar-refractivity contribution is 0.397. The Labute approximate surface area is 115 Å². The molecule has 20 heavy (non-hydrogen) atoms. The lowest BCUT2D eigenvalue weighted by Gasteiger charge is -2.14. The SMILES string of the molecule is COc1cccc(OC)c1-c1[nH]c(=O)nc2c1CCN2. The van der Waals surface area contributed by atoms with Crippen molar-refractivity contribution in [1.29, 1.82) is 0 Å². The molecule has 0 unspecified atom stereocenters. The third-order valence-corrected chi connectivity index (χ3v) is 3.38. The highest BCUT2D eigenvalue weighted by Crippen LogP contribution is 2.40.